The molecule has 0 aliphatic heterocycles. The van der Waals surface area contributed by atoms with Crippen molar-refractivity contribution in [3.63, 3.8) is 0 Å². The van der Waals surface area contributed by atoms with Crippen LogP contribution in [0.5, 0.6) is 0 Å². The molecule has 0 spiro atoms. The maximum absolute atomic E-state index is 11.3. The van der Waals surface area contributed by atoms with Crippen LogP contribution in [0.25, 0.3) is 0 Å². The molecule has 2 atom stereocenters. The van der Waals surface area contributed by atoms with E-state index in [1.54, 1.807) is 0 Å². The summed E-state index contributed by atoms with van der Waals surface area (Å²) < 4.78 is 0. The molecule has 12 heavy (non-hydrogen) atoms. The smallest absolute Gasteiger partial charge is 0.133 e. The number of hydrogen-bond donors (Lipinski definition) is 0. The number of hydrogen-bond acceptors (Lipinski definition) is 1. The standard InChI is InChI=1S/C11H18O/c12-11-7-3-6-9-4-1-2-5-10(9)8-11/h9-10H,1-8H2. The summed E-state index contributed by atoms with van der Waals surface area (Å²) in [5.74, 6) is 2.21. The van der Waals surface area contributed by atoms with Gasteiger partial charge >= 0.3 is 0 Å². The monoisotopic (exact) mass is 166 g/mol. The van der Waals surface area contributed by atoms with Gasteiger partial charge in [0.05, 0.1) is 0 Å². The minimum Gasteiger partial charge on any atom is -0.300 e. The maximum atomic E-state index is 11.3. The van der Waals surface area contributed by atoms with E-state index < -0.39 is 0 Å². The van der Waals surface area contributed by atoms with E-state index in [1.807, 2.05) is 0 Å². The first kappa shape index (κ1) is 8.28. The molecule has 0 N–H and O–H groups in total. The molecule has 1 nitrogen and oxygen atoms in total. The topological polar surface area (TPSA) is 17.1 Å². The Labute approximate surface area is 74.5 Å². The third-order valence-electron chi connectivity index (χ3n) is 3.59. The SMILES string of the molecule is O=C1CCCC2CCCCC2C1. The average molecular weight is 166 g/mol. The number of ketones is 1. The van der Waals surface area contributed by atoms with Crippen LogP contribution in [-0.2, 0) is 4.79 Å². The zero-order chi connectivity index (χ0) is 8.39. The van der Waals surface area contributed by atoms with E-state index in [0.29, 0.717) is 5.78 Å². The molecule has 2 saturated carbocycles. The van der Waals surface area contributed by atoms with E-state index in [0.717, 1.165) is 24.7 Å². The maximum Gasteiger partial charge on any atom is 0.133 e. The molecular formula is C11H18O. The third-order valence-corrected chi connectivity index (χ3v) is 3.59. The summed E-state index contributed by atoms with van der Waals surface area (Å²) in [7, 11) is 0. The van der Waals surface area contributed by atoms with Gasteiger partial charge in [-0.05, 0) is 31.1 Å². The van der Waals surface area contributed by atoms with Gasteiger partial charge in [-0.15, -0.1) is 0 Å². The molecule has 2 aliphatic rings. The molecule has 0 aromatic carbocycles. The minimum absolute atomic E-state index is 0.532. The van der Waals surface area contributed by atoms with Crippen LogP contribution in [0.15, 0.2) is 0 Å². The van der Waals surface area contributed by atoms with Gasteiger partial charge in [0.2, 0.25) is 0 Å². The van der Waals surface area contributed by atoms with Crippen LogP contribution in [0.4, 0.5) is 0 Å². The Balaban J connectivity index is 2.01. The Bertz CT molecular complexity index is 174. The second-order valence-electron chi connectivity index (χ2n) is 4.44. The quantitative estimate of drug-likeness (QED) is 0.540. The van der Waals surface area contributed by atoms with Crippen molar-refractivity contribution >= 4 is 5.78 Å². The fourth-order valence-electron chi connectivity index (χ4n) is 2.89. The Hall–Kier alpha value is -0.330. The Morgan fingerprint density at radius 1 is 0.917 bits per heavy atom. The summed E-state index contributed by atoms with van der Waals surface area (Å²) >= 11 is 0. The van der Waals surface area contributed by atoms with Gasteiger partial charge in [0.25, 0.3) is 0 Å². The van der Waals surface area contributed by atoms with Crippen LogP contribution in [0.2, 0.25) is 0 Å². The molecule has 1 heteroatoms. The second kappa shape index (κ2) is 3.59. The van der Waals surface area contributed by atoms with Crippen molar-refractivity contribution in [2.24, 2.45) is 11.8 Å². The lowest BCUT2D eigenvalue weighted by atomic mass is 9.76. The Morgan fingerprint density at radius 2 is 1.58 bits per heavy atom. The van der Waals surface area contributed by atoms with Crippen molar-refractivity contribution in [3.05, 3.63) is 0 Å². The third kappa shape index (κ3) is 1.70. The van der Waals surface area contributed by atoms with E-state index in [4.69, 9.17) is 0 Å². The van der Waals surface area contributed by atoms with Crippen LogP contribution in [0, 0.1) is 11.8 Å². The Morgan fingerprint density at radius 3 is 2.42 bits per heavy atom. The van der Waals surface area contributed by atoms with Gasteiger partial charge in [0.1, 0.15) is 5.78 Å². The zero-order valence-corrected chi connectivity index (χ0v) is 7.72. The lowest BCUT2D eigenvalue weighted by Gasteiger charge is -2.29. The summed E-state index contributed by atoms with van der Waals surface area (Å²) in [4.78, 5) is 11.3. The first-order valence-corrected chi connectivity index (χ1v) is 5.38. The summed E-state index contributed by atoms with van der Waals surface area (Å²) in [5.41, 5.74) is 0. The van der Waals surface area contributed by atoms with E-state index in [9.17, 15) is 4.79 Å². The van der Waals surface area contributed by atoms with Crippen molar-refractivity contribution in [3.8, 4) is 0 Å². The van der Waals surface area contributed by atoms with Crippen LogP contribution in [0.3, 0.4) is 0 Å². The number of fused-ring (bicyclic) bond motifs is 1. The van der Waals surface area contributed by atoms with E-state index in [-0.39, 0.29) is 0 Å². The molecule has 2 fully saturated rings. The van der Waals surface area contributed by atoms with Gasteiger partial charge in [-0.2, -0.15) is 0 Å². The summed E-state index contributed by atoms with van der Waals surface area (Å²) in [5, 5.41) is 0. The molecule has 0 radical (unpaired) electrons. The lowest BCUT2D eigenvalue weighted by Crippen LogP contribution is -2.19. The highest BCUT2D eigenvalue weighted by Gasteiger charge is 2.28. The molecular weight excluding hydrogens is 148 g/mol. The minimum atomic E-state index is 0.532. The molecule has 2 aliphatic carbocycles. The lowest BCUT2D eigenvalue weighted by molar-refractivity contribution is -0.119. The van der Waals surface area contributed by atoms with Gasteiger partial charge in [-0.25, -0.2) is 0 Å². The predicted octanol–water partition coefficient (Wildman–Crippen LogP) is 2.94. The van der Waals surface area contributed by atoms with Crippen LogP contribution < -0.4 is 0 Å². The van der Waals surface area contributed by atoms with E-state index in [1.165, 1.54) is 38.5 Å². The number of rotatable bonds is 0. The first-order valence-electron chi connectivity index (χ1n) is 5.38. The molecule has 68 valence electrons. The fourth-order valence-corrected chi connectivity index (χ4v) is 2.89. The van der Waals surface area contributed by atoms with Crippen molar-refractivity contribution in [2.75, 3.05) is 0 Å². The largest absolute Gasteiger partial charge is 0.300 e. The van der Waals surface area contributed by atoms with Crippen molar-refractivity contribution in [1.82, 2.24) is 0 Å². The molecule has 0 heterocycles. The van der Waals surface area contributed by atoms with Gasteiger partial charge in [0, 0.05) is 12.8 Å². The molecule has 0 saturated heterocycles. The van der Waals surface area contributed by atoms with E-state index in [2.05, 4.69) is 0 Å². The average Bonchev–Trinajstić information content (AvgIpc) is 2.25. The molecule has 0 bridgehead atoms. The number of carbonyl (C=O) groups excluding carboxylic acids is 1. The number of Topliss-reactive ketones (excluding diaryl/α,β-unsaturated/α-hetero) is 1. The fraction of sp³-hybridized carbons (Fsp3) is 0.909. The zero-order valence-electron chi connectivity index (χ0n) is 7.72. The summed E-state index contributed by atoms with van der Waals surface area (Å²) in [6.45, 7) is 0. The van der Waals surface area contributed by atoms with Gasteiger partial charge in [-0.3, -0.25) is 4.79 Å². The van der Waals surface area contributed by atoms with Gasteiger partial charge < -0.3 is 0 Å². The summed E-state index contributed by atoms with van der Waals surface area (Å²) in [6, 6.07) is 0. The first-order chi connectivity index (χ1) is 5.86. The predicted molar refractivity (Wildman–Crippen MR) is 48.9 cm³/mol. The second-order valence-corrected chi connectivity index (χ2v) is 4.44. The van der Waals surface area contributed by atoms with Crippen molar-refractivity contribution < 1.29 is 4.79 Å². The van der Waals surface area contributed by atoms with Gasteiger partial charge in [-0.1, -0.05) is 19.3 Å². The summed E-state index contributed by atoms with van der Waals surface area (Å²) in [6.07, 6.45) is 9.78. The van der Waals surface area contributed by atoms with Crippen molar-refractivity contribution in [2.45, 2.75) is 51.4 Å². The highest BCUT2D eigenvalue weighted by Crippen LogP contribution is 2.37. The molecule has 2 unspecified atom stereocenters. The van der Waals surface area contributed by atoms with Crippen molar-refractivity contribution in [1.29, 1.82) is 0 Å². The van der Waals surface area contributed by atoms with Crippen LogP contribution in [-0.4, -0.2) is 5.78 Å². The molecule has 0 aromatic heterocycles. The molecule has 2 rings (SSSR count). The molecule has 0 amide bonds. The van der Waals surface area contributed by atoms with Crippen LogP contribution in [0.1, 0.15) is 51.4 Å². The highest BCUT2D eigenvalue weighted by molar-refractivity contribution is 5.78. The highest BCUT2D eigenvalue weighted by atomic mass is 16.1. The van der Waals surface area contributed by atoms with Gasteiger partial charge in [0.15, 0.2) is 0 Å². The normalized spacial score (nSPS) is 37.2. The number of carbonyl (C=O) groups is 1. The van der Waals surface area contributed by atoms with Crippen LogP contribution >= 0.6 is 0 Å². The van der Waals surface area contributed by atoms with E-state index >= 15 is 0 Å². The Kier molecular flexibility index (Phi) is 2.48. The molecule has 0 aromatic rings.